The zero-order chi connectivity index (χ0) is 18.4. The van der Waals surface area contributed by atoms with Crippen LogP contribution in [-0.4, -0.2) is 29.1 Å². The van der Waals surface area contributed by atoms with E-state index in [1.807, 2.05) is 61.5 Å². The molecule has 1 aliphatic rings. The average Bonchev–Trinajstić information content (AvgIpc) is 2.96. The molecular weight excluding hydrogens is 346 g/mol. The number of nitrogens with zero attached hydrogens (tertiary/aromatic N) is 3. The van der Waals surface area contributed by atoms with Crippen LogP contribution in [0.4, 0.5) is 5.69 Å². The Kier molecular flexibility index (Phi) is 5.72. The van der Waals surface area contributed by atoms with Gasteiger partial charge in [-0.25, -0.2) is 4.99 Å². The molecule has 0 bridgehead atoms. The Labute approximate surface area is 156 Å². The summed E-state index contributed by atoms with van der Waals surface area (Å²) >= 11 is 1.37. The van der Waals surface area contributed by atoms with Gasteiger partial charge in [-0.3, -0.25) is 9.69 Å². The van der Waals surface area contributed by atoms with Crippen LogP contribution in [0, 0.1) is 11.3 Å². The molecule has 0 aromatic heterocycles. The minimum Gasteiger partial charge on any atom is -0.479 e. The van der Waals surface area contributed by atoms with E-state index in [0.29, 0.717) is 22.4 Å². The summed E-state index contributed by atoms with van der Waals surface area (Å²) in [6, 6.07) is 18.8. The number of amides is 1. The van der Waals surface area contributed by atoms with Crippen molar-refractivity contribution in [3.05, 3.63) is 65.1 Å². The Bertz CT molecular complexity index is 884. The second-order valence-electron chi connectivity index (χ2n) is 5.41. The Morgan fingerprint density at radius 1 is 1.19 bits per heavy atom. The van der Waals surface area contributed by atoms with Crippen molar-refractivity contribution in [1.82, 2.24) is 4.90 Å². The second kappa shape index (κ2) is 8.37. The number of aliphatic imine (C=N–C) groups is 1. The molecule has 2 aromatic rings. The zero-order valence-electron chi connectivity index (χ0n) is 14.3. The molecule has 0 atom stereocenters. The van der Waals surface area contributed by atoms with Crippen molar-refractivity contribution in [3.63, 3.8) is 0 Å². The van der Waals surface area contributed by atoms with Gasteiger partial charge in [0.1, 0.15) is 11.8 Å². The van der Waals surface area contributed by atoms with E-state index in [9.17, 15) is 4.79 Å². The molecular formula is C20H17N3O2S. The maximum Gasteiger partial charge on any atom is 0.266 e. The summed E-state index contributed by atoms with van der Waals surface area (Å²) in [4.78, 5) is 19.5. The summed E-state index contributed by atoms with van der Waals surface area (Å²) in [6.07, 6.45) is 1.84. The third-order valence-electron chi connectivity index (χ3n) is 3.67. The van der Waals surface area contributed by atoms with E-state index in [-0.39, 0.29) is 12.5 Å². The lowest BCUT2D eigenvalue weighted by Crippen LogP contribution is -2.28. The maximum atomic E-state index is 12.6. The van der Waals surface area contributed by atoms with Gasteiger partial charge in [-0.1, -0.05) is 30.3 Å². The number of hydrogen-bond donors (Lipinski definition) is 0. The number of hydrogen-bond acceptors (Lipinski definition) is 5. The van der Waals surface area contributed by atoms with E-state index in [1.54, 1.807) is 17.0 Å². The number of nitriles is 1. The monoisotopic (exact) mass is 363 g/mol. The largest absolute Gasteiger partial charge is 0.479 e. The molecule has 130 valence electrons. The van der Waals surface area contributed by atoms with Crippen LogP contribution >= 0.6 is 11.8 Å². The van der Waals surface area contributed by atoms with Crippen LogP contribution in [0.3, 0.4) is 0 Å². The fourth-order valence-corrected chi connectivity index (χ4v) is 3.47. The van der Waals surface area contributed by atoms with Crippen molar-refractivity contribution >= 4 is 34.6 Å². The minimum atomic E-state index is -0.0445. The lowest BCUT2D eigenvalue weighted by molar-refractivity contribution is -0.122. The van der Waals surface area contributed by atoms with E-state index in [0.717, 1.165) is 11.3 Å². The van der Waals surface area contributed by atoms with Crippen molar-refractivity contribution in [1.29, 1.82) is 5.26 Å². The van der Waals surface area contributed by atoms with Gasteiger partial charge in [0.25, 0.3) is 5.91 Å². The first-order valence-electron chi connectivity index (χ1n) is 8.16. The fourth-order valence-electron chi connectivity index (χ4n) is 2.41. The van der Waals surface area contributed by atoms with Crippen molar-refractivity contribution in [3.8, 4) is 11.8 Å². The van der Waals surface area contributed by atoms with Gasteiger partial charge in [0.2, 0.25) is 0 Å². The molecule has 5 nitrogen and oxygen atoms in total. The normalized spacial score (nSPS) is 16.9. The zero-order valence-corrected chi connectivity index (χ0v) is 15.1. The Hall–Kier alpha value is -3.04. The topological polar surface area (TPSA) is 65.7 Å². The SMILES string of the molecule is CCN1C(=O)/C(=C\c2ccc(OCC#N)cc2)SC1=Nc1ccccc1. The highest BCUT2D eigenvalue weighted by molar-refractivity contribution is 8.18. The standard InChI is InChI=1S/C20H17N3O2S/c1-2-23-19(24)18(26-20(23)22-16-6-4-3-5-7-16)14-15-8-10-17(11-9-15)25-13-12-21/h3-11,14H,2,13H2,1H3/b18-14+,22-20?. The predicted octanol–water partition coefficient (Wildman–Crippen LogP) is 4.21. The van der Waals surface area contributed by atoms with Gasteiger partial charge in [0.15, 0.2) is 11.8 Å². The van der Waals surface area contributed by atoms with Crippen LogP contribution in [0.5, 0.6) is 5.75 Å². The van der Waals surface area contributed by atoms with Gasteiger partial charge in [0, 0.05) is 6.54 Å². The molecule has 26 heavy (non-hydrogen) atoms. The van der Waals surface area contributed by atoms with E-state index in [4.69, 9.17) is 10.00 Å². The van der Waals surface area contributed by atoms with Crippen molar-refractivity contribution in [2.75, 3.05) is 13.2 Å². The van der Waals surface area contributed by atoms with Crippen LogP contribution in [-0.2, 0) is 4.79 Å². The van der Waals surface area contributed by atoms with Crippen LogP contribution in [0.15, 0.2) is 64.5 Å². The van der Waals surface area contributed by atoms with Gasteiger partial charge >= 0.3 is 0 Å². The fraction of sp³-hybridized carbons (Fsp3) is 0.150. The van der Waals surface area contributed by atoms with E-state index < -0.39 is 0 Å². The van der Waals surface area contributed by atoms with Gasteiger partial charge in [-0.15, -0.1) is 0 Å². The summed E-state index contributed by atoms with van der Waals surface area (Å²) < 4.78 is 5.24. The highest BCUT2D eigenvalue weighted by atomic mass is 32.2. The molecule has 0 spiro atoms. The van der Waals surface area contributed by atoms with E-state index in [1.165, 1.54) is 11.8 Å². The molecule has 3 rings (SSSR count). The summed E-state index contributed by atoms with van der Waals surface area (Å²) in [5.74, 6) is 0.581. The van der Waals surface area contributed by atoms with Crippen LogP contribution in [0.2, 0.25) is 0 Å². The second-order valence-corrected chi connectivity index (χ2v) is 6.41. The van der Waals surface area contributed by atoms with Crippen molar-refractivity contribution < 1.29 is 9.53 Å². The number of carbonyl (C=O) groups excluding carboxylic acids is 1. The molecule has 6 heteroatoms. The third kappa shape index (κ3) is 4.13. The number of benzene rings is 2. The molecule has 2 aromatic carbocycles. The molecule has 1 saturated heterocycles. The third-order valence-corrected chi connectivity index (χ3v) is 4.67. The summed E-state index contributed by atoms with van der Waals surface area (Å²) in [7, 11) is 0. The Morgan fingerprint density at radius 3 is 2.58 bits per heavy atom. The van der Waals surface area contributed by atoms with Gasteiger partial charge in [-0.2, -0.15) is 5.26 Å². The highest BCUT2D eigenvalue weighted by Crippen LogP contribution is 2.34. The molecule has 0 saturated carbocycles. The number of ether oxygens (including phenoxy) is 1. The predicted molar refractivity (Wildman–Crippen MR) is 104 cm³/mol. The summed E-state index contributed by atoms with van der Waals surface area (Å²) in [5, 5.41) is 9.22. The molecule has 1 amide bonds. The lowest BCUT2D eigenvalue weighted by atomic mass is 10.2. The Morgan fingerprint density at radius 2 is 1.92 bits per heavy atom. The van der Waals surface area contributed by atoms with Crippen LogP contribution in [0.25, 0.3) is 6.08 Å². The number of likely N-dealkylation sites (N-methyl/N-ethyl adjacent to an activating group) is 1. The molecule has 0 aliphatic carbocycles. The smallest absolute Gasteiger partial charge is 0.266 e. The first kappa shape index (κ1) is 17.8. The molecule has 1 aliphatic heterocycles. The van der Waals surface area contributed by atoms with E-state index >= 15 is 0 Å². The van der Waals surface area contributed by atoms with Crippen molar-refractivity contribution in [2.45, 2.75) is 6.92 Å². The quantitative estimate of drug-likeness (QED) is 0.746. The number of para-hydroxylation sites is 1. The summed E-state index contributed by atoms with van der Waals surface area (Å²) in [5.41, 5.74) is 1.71. The lowest BCUT2D eigenvalue weighted by Gasteiger charge is -2.11. The van der Waals surface area contributed by atoms with E-state index in [2.05, 4.69) is 4.99 Å². The first-order valence-corrected chi connectivity index (χ1v) is 8.98. The highest BCUT2D eigenvalue weighted by Gasteiger charge is 2.32. The maximum absolute atomic E-state index is 12.6. The summed E-state index contributed by atoms with van der Waals surface area (Å²) in [6.45, 7) is 2.51. The molecule has 1 heterocycles. The molecule has 0 unspecified atom stereocenters. The first-order chi connectivity index (χ1) is 12.7. The minimum absolute atomic E-state index is 0.0134. The van der Waals surface area contributed by atoms with Crippen LogP contribution < -0.4 is 4.74 Å². The molecule has 1 fully saturated rings. The van der Waals surface area contributed by atoms with Crippen molar-refractivity contribution in [2.24, 2.45) is 4.99 Å². The van der Waals surface area contributed by atoms with Gasteiger partial charge in [-0.05, 0) is 54.6 Å². The number of carbonyl (C=O) groups is 1. The number of rotatable bonds is 5. The van der Waals surface area contributed by atoms with Crippen LogP contribution in [0.1, 0.15) is 12.5 Å². The molecule has 0 N–H and O–H groups in total. The Balaban J connectivity index is 1.82. The average molecular weight is 363 g/mol. The van der Waals surface area contributed by atoms with Gasteiger partial charge in [0.05, 0.1) is 10.6 Å². The number of amidine groups is 1. The molecule has 0 radical (unpaired) electrons. The number of thioether (sulfide) groups is 1. The van der Waals surface area contributed by atoms with Gasteiger partial charge < -0.3 is 4.74 Å².